The first-order chi connectivity index (χ1) is 11.9. The van der Waals surface area contributed by atoms with Crippen molar-refractivity contribution in [2.75, 3.05) is 12.4 Å². The van der Waals surface area contributed by atoms with Crippen molar-refractivity contribution in [2.45, 2.75) is 33.4 Å². The van der Waals surface area contributed by atoms with Crippen molar-refractivity contribution in [1.29, 1.82) is 0 Å². The van der Waals surface area contributed by atoms with Crippen LogP contribution in [0.1, 0.15) is 23.1 Å². The predicted octanol–water partition coefficient (Wildman–Crippen LogP) is 4.37. The molecule has 3 rings (SSSR count). The van der Waals surface area contributed by atoms with Crippen LogP contribution in [0.15, 0.2) is 42.5 Å². The highest BCUT2D eigenvalue weighted by Gasteiger charge is 2.20. The number of aromatic nitrogens is 1. The Kier molecular flexibility index (Phi) is 5.16. The molecule has 1 atom stereocenters. The Labute approximate surface area is 152 Å². The van der Waals surface area contributed by atoms with Crippen molar-refractivity contribution in [3.05, 3.63) is 58.6 Å². The molecule has 1 N–H and O–H groups in total. The van der Waals surface area contributed by atoms with Crippen LogP contribution in [0.2, 0.25) is 0 Å². The van der Waals surface area contributed by atoms with Gasteiger partial charge in [0, 0.05) is 5.69 Å². The van der Waals surface area contributed by atoms with Crippen molar-refractivity contribution in [3.8, 4) is 0 Å². The highest BCUT2D eigenvalue weighted by molar-refractivity contribution is 7.18. The standard InChI is InChI=1S/C20H23N3OS/c1-13-9-10-16(14(2)11-13)22-20(24)15(3)23(4)12-19-21-17-7-5-6-8-18(17)25-19/h5-11,15H,12H2,1-4H3,(H,22,24)/t15-/m1/s1. The fourth-order valence-corrected chi connectivity index (χ4v) is 3.76. The van der Waals surface area contributed by atoms with Crippen LogP contribution in [0.3, 0.4) is 0 Å². The number of nitrogens with zero attached hydrogens (tertiary/aromatic N) is 2. The third-order valence-electron chi connectivity index (χ3n) is 4.40. The number of hydrogen-bond donors (Lipinski definition) is 1. The lowest BCUT2D eigenvalue weighted by molar-refractivity contribution is -0.120. The summed E-state index contributed by atoms with van der Waals surface area (Å²) >= 11 is 1.68. The van der Waals surface area contributed by atoms with Gasteiger partial charge in [-0.3, -0.25) is 9.69 Å². The van der Waals surface area contributed by atoms with Crippen LogP contribution in [0.25, 0.3) is 10.2 Å². The number of fused-ring (bicyclic) bond motifs is 1. The van der Waals surface area contributed by atoms with Crippen LogP contribution in [-0.2, 0) is 11.3 Å². The molecule has 0 fully saturated rings. The summed E-state index contributed by atoms with van der Waals surface area (Å²) in [6, 6.07) is 13.9. The summed E-state index contributed by atoms with van der Waals surface area (Å²) in [7, 11) is 1.96. The number of aryl methyl sites for hydroxylation is 2. The van der Waals surface area contributed by atoms with Gasteiger partial charge in [-0.05, 0) is 51.6 Å². The minimum Gasteiger partial charge on any atom is -0.324 e. The van der Waals surface area contributed by atoms with Crippen molar-refractivity contribution in [1.82, 2.24) is 9.88 Å². The molecular weight excluding hydrogens is 330 g/mol. The lowest BCUT2D eigenvalue weighted by atomic mass is 10.1. The molecule has 0 unspecified atom stereocenters. The first-order valence-electron chi connectivity index (χ1n) is 8.37. The van der Waals surface area contributed by atoms with Gasteiger partial charge < -0.3 is 5.32 Å². The highest BCUT2D eigenvalue weighted by atomic mass is 32.1. The van der Waals surface area contributed by atoms with E-state index in [1.54, 1.807) is 11.3 Å². The Morgan fingerprint density at radius 2 is 2.00 bits per heavy atom. The molecule has 0 saturated carbocycles. The van der Waals surface area contributed by atoms with Gasteiger partial charge in [0.25, 0.3) is 0 Å². The molecule has 0 saturated heterocycles. The van der Waals surface area contributed by atoms with Crippen LogP contribution in [0.5, 0.6) is 0 Å². The fraction of sp³-hybridized carbons (Fsp3) is 0.300. The molecule has 1 aromatic heterocycles. The third kappa shape index (κ3) is 4.06. The highest BCUT2D eigenvalue weighted by Crippen LogP contribution is 2.23. The zero-order chi connectivity index (χ0) is 18.0. The van der Waals surface area contributed by atoms with Gasteiger partial charge in [-0.15, -0.1) is 11.3 Å². The number of amides is 1. The molecule has 0 aliphatic carbocycles. The lowest BCUT2D eigenvalue weighted by Crippen LogP contribution is -2.39. The number of rotatable bonds is 5. The summed E-state index contributed by atoms with van der Waals surface area (Å²) in [6.07, 6.45) is 0. The minimum absolute atomic E-state index is 0.00411. The predicted molar refractivity (Wildman–Crippen MR) is 105 cm³/mol. The van der Waals surface area contributed by atoms with Gasteiger partial charge in [-0.25, -0.2) is 4.98 Å². The molecular formula is C20H23N3OS. The van der Waals surface area contributed by atoms with Gasteiger partial charge >= 0.3 is 0 Å². The van der Waals surface area contributed by atoms with Crippen LogP contribution in [-0.4, -0.2) is 28.9 Å². The van der Waals surface area contributed by atoms with E-state index in [2.05, 4.69) is 22.4 Å². The second kappa shape index (κ2) is 7.33. The number of carbonyl (C=O) groups excluding carboxylic acids is 1. The number of hydrogen-bond acceptors (Lipinski definition) is 4. The van der Waals surface area contributed by atoms with Crippen molar-refractivity contribution >= 4 is 33.1 Å². The van der Waals surface area contributed by atoms with Gasteiger partial charge in [0.2, 0.25) is 5.91 Å². The Morgan fingerprint density at radius 1 is 1.24 bits per heavy atom. The van der Waals surface area contributed by atoms with Gasteiger partial charge in [-0.2, -0.15) is 0 Å². The van der Waals surface area contributed by atoms with E-state index in [-0.39, 0.29) is 11.9 Å². The van der Waals surface area contributed by atoms with E-state index in [9.17, 15) is 4.79 Å². The summed E-state index contributed by atoms with van der Waals surface area (Å²) in [6.45, 7) is 6.64. The van der Waals surface area contributed by atoms with Crippen LogP contribution in [0, 0.1) is 13.8 Å². The Bertz CT molecular complexity index is 870. The number of nitrogens with one attached hydrogen (secondary N) is 1. The molecule has 0 radical (unpaired) electrons. The van der Waals surface area contributed by atoms with E-state index in [1.165, 1.54) is 10.3 Å². The second-order valence-corrected chi connectivity index (χ2v) is 7.59. The molecule has 2 aromatic carbocycles. The lowest BCUT2D eigenvalue weighted by Gasteiger charge is -2.23. The maximum absolute atomic E-state index is 12.6. The first kappa shape index (κ1) is 17.6. The average Bonchev–Trinajstić information content (AvgIpc) is 2.98. The fourth-order valence-electron chi connectivity index (χ4n) is 2.73. The van der Waals surface area contributed by atoms with E-state index < -0.39 is 0 Å². The van der Waals surface area contributed by atoms with E-state index in [0.717, 1.165) is 21.8 Å². The quantitative estimate of drug-likeness (QED) is 0.741. The Balaban J connectivity index is 1.66. The van der Waals surface area contributed by atoms with Crippen LogP contribution < -0.4 is 5.32 Å². The maximum atomic E-state index is 12.6. The molecule has 3 aromatic rings. The summed E-state index contributed by atoms with van der Waals surface area (Å²) < 4.78 is 1.18. The molecule has 5 heteroatoms. The molecule has 0 aliphatic rings. The number of carbonyl (C=O) groups is 1. The summed E-state index contributed by atoms with van der Waals surface area (Å²) in [5, 5.41) is 4.06. The maximum Gasteiger partial charge on any atom is 0.241 e. The van der Waals surface area contributed by atoms with E-state index in [0.29, 0.717) is 6.54 Å². The second-order valence-electron chi connectivity index (χ2n) is 6.47. The van der Waals surface area contributed by atoms with Gasteiger partial charge in [0.15, 0.2) is 0 Å². The molecule has 1 amide bonds. The van der Waals surface area contributed by atoms with Crippen molar-refractivity contribution < 1.29 is 4.79 Å². The normalized spacial score (nSPS) is 12.5. The molecule has 25 heavy (non-hydrogen) atoms. The Hall–Kier alpha value is -2.24. The SMILES string of the molecule is Cc1ccc(NC(=O)[C@@H](C)N(C)Cc2nc3ccccc3s2)c(C)c1. The van der Waals surface area contributed by atoms with E-state index in [1.807, 2.05) is 63.1 Å². The van der Waals surface area contributed by atoms with Crippen molar-refractivity contribution in [3.63, 3.8) is 0 Å². The smallest absolute Gasteiger partial charge is 0.241 e. The number of likely N-dealkylation sites (N-methyl/N-ethyl adjacent to an activating group) is 1. The monoisotopic (exact) mass is 353 g/mol. The van der Waals surface area contributed by atoms with Crippen LogP contribution in [0.4, 0.5) is 5.69 Å². The number of para-hydroxylation sites is 1. The third-order valence-corrected chi connectivity index (χ3v) is 5.42. The van der Waals surface area contributed by atoms with Gasteiger partial charge in [0.05, 0.1) is 22.8 Å². The van der Waals surface area contributed by atoms with E-state index in [4.69, 9.17) is 0 Å². The molecule has 0 aliphatic heterocycles. The summed E-state index contributed by atoms with van der Waals surface area (Å²) in [5.74, 6) is -0.00411. The summed E-state index contributed by atoms with van der Waals surface area (Å²) in [4.78, 5) is 19.3. The number of anilines is 1. The zero-order valence-electron chi connectivity index (χ0n) is 15.0. The largest absolute Gasteiger partial charge is 0.324 e. The van der Waals surface area contributed by atoms with Gasteiger partial charge in [-0.1, -0.05) is 29.8 Å². The first-order valence-corrected chi connectivity index (χ1v) is 9.18. The molecule has 130 valence electrons. The van der Waals surface area contributed by atoms with Crippen LogP contribution >= 0.6 is 11.3 Å². The van der Waals surface area contributed by atoms with E-state index >= 15 is 0 Å². The number of benzene rings is 2. The molecule has 1 heterocycles. The Morgan fingerprint density at radius 3 is 2.72 bits per heavy atom. The zero-order valence-corrected chi connectivity index (χ0v) is 15.9. The minimum atomic E-state index is -0.243. The molecule has 0 bridgehead atoms. The molecule has 4 nitrogen and oxygen atoms in total. The average molecular weight is 353 g/mol. The van der Waals surface area contributed by atoms with Crippen molar-refractivity contribution in [2.24, 2.45) is 0 Å². The number of thiazole rings is 1. The topological polar surface area (TPSA) is 45.2 Å². The van der Waals surface area contributed by atoms with Gasteiger partial charge in [0.1, 0.15) is 5.01 Å². The summed E-state index contributed by atoms with van der Waals surface area (Å²) in [5.41, 5.74) is 4.16. The molecule has 0 spiro atoms.